The van der Waals surface area contributed by atoms with Gasteiger partial charge in [-0.1, -0.05) is 5.21 Å². The molecule has 1 fully saturated rings. The number of hydrogen-bond donors (Lipinski definition) is 0. The molecular weight excluding hydrogens is 214 g/mol. The summed E-state index contributed by atoms with van der Waals surface area (Å²) in [6.07, 6.45) is 5.02. The zero-order chi connectivity index (χ0) is 10.7. The fourth-order valence-corrected chi connectivity index (χ4v) is 2.37. The van der Waals surface area contributed by atoms with Crippen molar-refractivity contribution in [3.05, 3.63) is 11.9 Å². The van der Waals surface area contributed by atoms with Crippen LogP contribution in [0.3, 0.4) is 0 Å². The van der Waals surface area contributed by atoms with Crippen molar-refractivity contribution in [2.24, 2.45) is 12.5 Å². The number of nitrogens with zero attached hydrogens (tertiary/aromatic N) is 3. The van der Waals surface area contributed by atoms with E-state index in [-0.39, 0.29) is 5.41 Å². The summed E-state index contributed by atoms with van der Waals surface area (Å²) in [5.41, 5.74) is 1.07. The fraction of sp³-hybridized carbons (Fsp3) is 0.800. The minimum Gasteiger partial charge on any atom is -0.381 e. The molecule has 1 atom stereocenters. The van der Waals surface area contributed by atoms with E-state index in [0.717, 1.165) is 38.2 Å². The molecule has 1 aliphatic rings. The van der Waals surface area contributed by atoms with Gasteiger partial charge in [0.15, 0.2) is 0 Å². The van der Waals surface area contributed by atoms with E-state index in [1.807, 2.05) is 13.2 Å². The first kappa shape index (κ1) is 10.9. The highest BCUT2D eigenvalue weighted by Crippen LogP contribution is 2.33. The van der Waals surface area contributed by atoms with E-state index < -0.39 is 0 Å². The summed E-state index contributed by atoms with van der Waals surface area (Å²) in [6.45, 7) is 1.60. The number of alkyl halides is 1. The van der Waals surface area contributed by atoms with E-state index >= 15 is 0 Å². The van der Waals surface area contributed by atoms with Gasteiger partial charge in [-0.2, -0.15) is 0 Å². The second-order valence-electron chi connectivity index (χ2n) is 4.35. The maximum absolute atomic E-state index is 6.06. The Morgan fingerprint density at radius 3 is 3.07 bits per heavy atom. The average molecular weight is 230 g/mol. The molecule has 84 valence electrons. The lowest BCUT2D eigenvalue weighted by molar-refractivity contribution is 0.00429. The first-order valence-corrected chi connectivity index (χ1v) is 5.76. The Bertz CT molecular complexity index is 320. The molecule has 0 spiro atoms. The van der Waals surface area contributed by atoms with Crippen molar-refractivity contribution in [2.75, 3.05) is 19.1 Å². The smallest absolute Gasteiger partial charge is 0.0833 e. The largest absolute Gasteiger partial charge is 0.381 e. The summed E-state index contributed by atoms with van der Waals surface area (Å²) < 4.78 is 7.24. The Labute approximate surface area is 94.6 Å². The van der Waals surface area contributed by atoms with Gasteiger partial charge in [-0.25, -0.2) is 0 Å². The Balaban J connectivity index is 2.06. The monoisotopic (exact) mass is 229 g/mol. The SMILES string of the molecule is Cn1cc(CC2(CCl)CCCOC2)nn1. The third-order valence-electron chi connectivity index (χ3n) is 2.89. The van der Waals surface area contributed by atoms with Crippen molar-refractivity contribution >= 4 is 11.6 Å². The van der Waals surface area contributed by atoms with Crippen LogP contribution in [0.15, 0.2) is 6.20 Å². The van der Waals surface area contributed by atoms with Crippen LogP contribution in [-0.4, -0.2) is 34.1 Å². The molecule has 1 aliphatic heterocycles. The Morgan fingerprint density at radius 2 is 2.53 bits per heavy atom. The highest BCUT2D eigenvalue weighted by Gasteiger charge is 2.33. The number of hydrogen-bond acceptors (Lipinski definition) is 3. The normalized spacial score (nSPS) is 26.8. The number of ether oxygens (including phenoxy) is 1. The number of aryl methyl sites for hydroxylation is 1. The zero-order valence-corrected chi connectivity index (χ0v) is 9.70. The third kappa shape index (κ3) is 2.49. The van der Waals surface area contributed by atoms with Crippen molar-refractivity contribution in [1.29, 1.82) is 0 Å². The van der Waals surface area contributed by atoms with Crippen molar-refractivity contribution in [1.82, 2.24) is 15.0 Å². The van der Waals surface area contributed by atoms with Crippen LogP contribution in [0.25, 0.3) is 0 Å². The average Bonchev–Trinajstić information content (AvgIpc) is 2.65. The third-order valence-corrected chi connectivity index (χ3v) is 3.46. The molecule has 2 heterocycles. The van der Waals surface area contributed by atoms with Crippen molar-refractivity contribution in [2.45, 2.75) is 19.3 Å². The van der Waals surface area contributed by atoms with Crippen LogP contribution in [0.2, 0.25) is 0 Å². The summed E-state index contributed by atoms with van der Waals surface area (Å²) in [6, 6.07) is 0. The lowest BCUT2D eigenvalue weighted by atomic mass is 9.80. The molecule has 1 aromatic rings. The second-order valence-corrected chi connectivity index (χ2v) is 4.62. The molecule has 1 unspecified atom stereocenters. The van der Waals surface area contributed by atoms with Gasteiger partial charge < -0.3 is 4.74 Å². The number of aromatic nitrogens is 3. The minimum atomic E-state index is 0.0653. The van der Waals surface area contributed by atoms with Crippen LogP contribution in [0, 0.1) is 5.41 Å². The molecule has 0 amide bonds. The van der Waals surface area contributed by atoms with Crippen LogP contribution in [0.4, 0.5) is 0 Å². The van der Waals surface area contributed by atoms with E-state index in [9.17, 15) is 0 Å². The summed E-state index contributed by atoms with van der Waals surface area (Å²) in [7, 11) is 1.88. The Kier molecular flexibility index (Phi) is 3.26. The van der Waals surface area contributed by atoms with Crippen LogP contribution in [0.5, 0.6) is 0 Å². The van der Waals surface area contributed by atoms with E-state index in [1.54, 1.807) is 4.68 Å². The van der Waals surface area contributed by atoms with Gasteiger partial charge in [-0.3, -0.25) is 4.68 Å². The molecular formula is C10H16ClN3O. The van der Waals surface area contributed by atoms with Crippen LogP contribution < -0.4 is 0 Å². The fourth-order valence-electron chi connectivity index (χ4n) is 2.06. The van der Waals surface area contributed by atoms with E-state index in [0.29, 0.717) is 5.88 Å². The number of rotatable bonds is 3. The van der Waals surface area contributed by atoms with Gasteiger partial charge in [0.1, 0.15) is 0 Å². The molecule has 2 rings (SSSR count). The highest BCUT2D eigenvalue weighted by atomic mass is 35.5. The van der Waals surface area contributed by atoms with Gasteiger partial charge in [0.25, 0.3) is 0 Å². The molecule has 15 heavy (non-hydrogen) atoms. The van der Waals surface area contributed by atoms with Crippen LogP contribution in [0.1, 0.15) is 18.5 Å². The lowest BCUT2D eigenvalue weighted by Gasteiger charge is -2.34. The maximum Gasteiger partial charge on any atom is 0.0833 e. The molecule has 0 aromatic carbocycles. The predicted octanol–water partition coefficient (Wildman–Crippen LogP) is 1.39. The lowest BCUT2D eigenvalue weighted by Crippen LogP contribution is -2.35. The van der Waals surface area contributed by atoms with Crippen molar-refractivity contribution in [3.63, 3.8) is 0 Å². The van der Waals surface area contributed by atoms with Crippen LogP contribution >= 0.6 is 11.6 Å². The standard InChI is InChI=1S/C10H16ClN3O/c1-14-6-9(12-13-14)5-10(7-11)3-2-4-15-8-10/h6H,2-5,7-8H2,1H3. The molecule has 0 bridgehead atoms. The second kappa shape index (κ2) is 4.49. The van der Waals surface area contributed by atoms with Gasteiger partial charge in [0, 0.05) is 37.6 Å². The van der Waals surface area contributed by atoms with E-state index in [4.69, 9.17) is 16.3 Å². The van der Waals surface area contributed by atoms with Gasteiger partial charge in [0.05, 0.1) is 12.3 Å². The number of halogens is 1. The molecule has 0 radical (unpaired) electrons. The molecule has 0 aliphatic carbocycles. The maximum atomic E-state index is 6.06. The summed E-state index contributed by atoms with van der Waals surface area (Å²) in [4.78, 5) is 0. The first-order chi connectivity index (χ1) is 7.24. The van der Waals surface area contributed by atoms with Crippen molar-refractivity contribution < 1.29 is 4.74 Å². The molecule has 1 aromatic heterocycles. The minimum absolute atomic E-state index is 0.0653. The molecule has 0 saturated carbocycles. The zero-order valence-electron chi connectivity index (χ0n) is 8.95. The summed E-state index contributed by atoms with van der Waals surface area (Å²) in [5, 5.41) is 8.03. The molecule has 5 heteroatoms. The van der Waals surface area contributed by atoms with E-state index in [2.05, 4.69) is 10.3 Å². The summed E-state index contributed by atoms with van der Waals surface area (Å²) >= 11 is 6.06. The quantitative estimate of drug-likeness (QED) is 0.736. The van der Waals surface area contributed by atoms with Gasteiger partial charge in [-0.15, -0.1) is 16.7 Å². The van der Waals surface area contributed by atoms with Crippen molar-refractivity contribution in [3.8, 4) is 0 Å². The predicted molar refractivity (Wildman–Crippen MR) is 57.9 cm³/mol. The topological polar surface area (TPSA) is 39.9 Å². The Hall–Kier alpha value is -0.610. The Morgan fingerprint density at radius 1 is 1.67 bits per heavy atom. The van der Waals surface area contributed by atoms with Gasteiger partial charge >= 0.3 is 0 Å². The first-order valence-electron chi connectivity index (χ1n) is 5.23. The molecule has 1 saturated heterocycles. The van der Waals surface area contributed by atoms with Gasteiger partial charge in [0.2, 0.25) is 0 Å². The van der Waals surface area contributed by atoms with E-state index in [1.165, 1.54) is 0 Å². The molecule has 4 nitrogen and oxygen atoms in total. The van der Waals surface area contributed by atoms with Gasteiger partial charge in [-0.05, 0) is 12.8 Å². The molecule has 0 N–H and O–H groups in total. The van der Waals surface area contributed by atoms with Crippen LogP contribution in [-0.2, 0) is 18.2 Å². The highest BCUT2D eigenvalue weighted by molar-refractivity contribution is 6.18. The summed E-state index contributed by atoms with van der Waals surface area (Å²) in [5.74, 6) is 0.629.